The summed E-state index contributed by atoms with van der Waals surface area (Å²) in [5.74, 6) is 0.526. The van der Waals surface area contributed by atoms with Crippen LogP contribution < -0.4 is 5.32 Å². The zero-order chi connectivity index (χ0) is 15.5. The van der Waals surface area contributed by atoms with Crippen LogP contribution in [0.4, 0.5) is 5.82 Å². The van der Waals surface area contributed by atoms with E-state index in [-0.39, 0.29) is 30.7 Å². The van der Waals surface area contributed by atoms with Gasteiger partial charge in [-0.05, 0) is 19.9 Å². The van der Waals surface area contributed by atoms with Crippen molar-refractivity contribution in [2.75, 3.05) is 31.6 Å². The summed E-state index contributed by atoms with van der Waals surface area (Å²) >= 11 is 0. The van der Waals surface area contributed by atoms with Crippen LogP contribution in [-0.4, -0.2) is 61.3 Å². The number of anilines is 1. The molecule has 118 valence electrons. The van der Waals surface area contributed by atoms with Gasteiger partial charge in [0.25, 0.3) is 0 Å². The van der Waals surface area contributed by atoms with Gasteiger partial charge in [-0.15, -0.1) is 0 Å². The third-order valence-electron chi connectivity index (χ3n) is 3.35. The maximum Gasteiger partial charge on any atom is 0.243 e. The minimum Gasteiger partial charge on any atom is -0.394 e. The van der Waals surface area contributed by atoms with E-state index in [2.05, 4.69) is 10.3 Å². The van der Waals surface area contributed by atoms with Crippen molar-refractivity contribution in [2.45, 2.75) is 30.9 Å². The summed E-state index contributed by atoms with van der Waals surface area (Å²) in [6.07, 6.45) is 0.991. The lowest BCUT2D eigenvalue weighted by atomic mass is 10.2. The molecule has 1 aromatic heterocycles. The molecule has 21 heavy (non-hydrogen) atoms. The second-order valence-corrected chi connectivity index (χ2v) is 6.86. The smallest absolute Gasteiger partial charge is 0.243 e. The topological polar surface area (TPSA) is 91.8 Å². The number of rotatable bonds is 5. The lowest BCUT2D eigenvalue weighted by molar-refractivity contribution is -0.0516. The molecule has 7 nitrogen and oxygen atoms in total. The third-order valence-corrected chi connectivity index (χ3v) is 5.32. The van der Waals surface area contributed by atoms with Gasteiger partial charge in [0, 0.05) is 31.4 Å². The minimum absolute atomic E-state index is 0.152. The molecule has 1 saturated heterocycles. The second kappa shape index (κ2) is 6.69. The molecule has 1 aliphatic rings. The van der Waals surface area contributed by atoms with Crippen molar-refractivity contribution in [3.05, 3.63) is 18.3 Å². The number of pyridine rings is 1. The number of nitrogens with one attached hydrogen (secondary N) is 1. The first kappa shape index (κ1) is 16.2. The highest BCUT2D eigenvalue weighted by molar-refractivity contribution is 7.89. The van der Waals surface area contributed by atoms with Crippen LogP contribution >= 0.6 is 0 Å². The standard InChI is InChI=1S/C13H21N3O4S/c1-3-14-13-6-12(4-5-15-13)21(18,19)16-7-11(8-17)20-9-10(16)2/h4-6,10-11,17H,3,7-9H2,1-2H3,(H,14,15). The molecule has 0 radical (unpaired) electrons. The molecule has 1 fully saturated rings. The zero-order valence-corrected chi connectivity index (χ0v) is 13.0. The molecular weight excluding hydrogens is 294 g/mol. The lowest BCUT2D eigenvalue weighted by Gasteiger charge is -2.36. The molecule has 0 bridgehead atoms. The molecule has 2 heterocycles. The predicted molar refractivity (Wildman–Crippen MR) is 78.6 cm³/mol. The molecule has 2 N–H and O–H groups in total. The van der Waals surface area contributed by atoms with Gasteiger partial charge in [0.15, 0.2) is 0 Å². The van der Waals surface area contributed by atoms with Crippen molar-refractivity contribution >= 4 is 15.8 Å². The molecule has 0 saturated carbocycles. The molecule has 2 rings (SSSR count). The summed E-state index contributed by atoms with van der Waals surface area (Å²) in [6.45, 7) is 4.60. The lowest BCUT2D eigenvalue weighted by Crippen LogP contribution is -2.51. The van der Waals surface area contributed by atoms with Gasteiger partial charge >= 0.3 is 0 Å². The van der Waals surface area contributed by atoms with E-state index < -0.39 is 16.1 Å². The van der Waals surface area contributed by atoms with E-state index in [9.17, 15) is 13.5 Å². The second-order valence-electron chi connectivity index (χ2n) is 4.97. The third kappa shape index (κ3) is 3.52. The number of morpholine rings is 1. The van der Waals surface area contributed by atoms with Crippen molar-refractivity contribution < 1.29 is 18.3 Å². The Labute approximate surface area is 125 Å². The molecule has 8 heteroatoms. The molecule has 2 atom stereocenters. The predicted octanol–water partition coefficient (Wildman–Crippen LogP) is 0.284. The average Bonchev–Trinajstić information content (AvgIpc) is 2.48. The maximum absolute atomic E-state index is 12.7. The van der Waals surface area contributed by atoms with Gasteiger partial charge in [-0.2, -0.15) is 4.31 Å². The van der Waals surface area contributed by atoms with E-state index in [4.69, 9.17) is 4.74 Å². The highest BCUT2D eigenvalue weighted by Gasteiger charge is 2.35. The number of nitrogens with zero attached hydrogens (tertiary/aromatic N) is 2. The number of ether oxygens (including phenoxy) is 1. The monoisotopic (exact) mass is 315 g/mol. The Morgan fingerprint density at radius 1 is 1.57 bits per heavy atom. The Bertz CT molecular complexity index is 579. The molecule has 1 aliphatic heterocycles. The van der Waals surface area contributed by atoms with Gasteiger partial charge in [0.2, 0.25) is 10.0 Å². The largest absolute Gasteiger partial charge is 0.394 e. The normalized spacial score (nSPS) is 24.0. The van der Waals surface area contributed by atoms with Gasteiger partial charge in [0.05, 0.1) is 24.2 Å². The molecular formula is C13H21N3O4S. The van der Waals surface area contributed by atoms with Crippen LogP contribution in [0.15, 0.2) is 23.2 Å². The summed E-state index contributed by atoms with van der Waals surface area (Å²) in [4.78, 5) is 4.27. The number of aromatic nitrogens is 1. The van der Waals surface area contributed by atoms with Gasteiger partial charge in [0.1, 0.15) is 5.82 Å². The Morgan fingerprint density at radius 3 is 3.00 bits per heavy atom. The molecule has 2 unspecified atom stereocenters. The Kier molecular flexibility index (Phi) is 5.15. The van der Waals surface area contributed by atoms with E-state index >= 15 is 0 Å². The van der Waals surface area contributed by atoms with Gasteiger partial charge in [-0.1, -0.05) is 0 Å². The Balaban J connectivity index is 2.29. The van der Waals surface area contributed by atoms with E-state index in [1.54, 1.807) is 6.92 Å². The van der Waals surface area contributed by atoms with E-state index in [0.29, 0.717) is 12.4 Å². The number of aliphatic hydroxyl groups excluding tert-OH is 1. The summed E-state index contributed by atoms with van der Waals surface area (Å²) in [6, 6.07) is 2.73. The van der Waals surface area contributed by atoms with Crippen LogP contribution in [0.3, 0.4) is 0 Å². The number of aliphatic hydroxyl groups is 1. The van der Waals surface area contributed by atoms with Crippen LogP contribution in [0.1, 0.15) is 13.8 Å². The first-order valence-corrected chi connectivity index (χ1v) is 8.37. The van der Waals surface area contributed by atoms with Crippen LogP contribution in [0.2, 0.25) is 0 Å². The minimum atomic E-state index is -3.63. The number of sulfonamides is 1. The first-order chi connectivity index (χ1) is 9.98. The Hall–Kier alpha value is -1.22. The quantitative estimate of drug-likeness (QED) is 0.811. The molecule has 0 spiro atoms. The molecule has 1 aromatic rings. The molecule has 0 aromatic carbocycles. The van der Waals surface area contributed by atoms with E-state index in [1.807, 2.05) is 6.92 Å². The van der Waals surface area contributed by atoms with Crippen LogP contribution in [0.25, 0.3) is 0 Å². The van der Waals surface area contributed by atoms with Crippen molar-refractivity contribution in [1.82, 2.24) is 9.29 Å². The molecule has 0 amide bonds. The van der Waals surface area contributed by atoms with Crippen LogP contribution in [-0.2, 0) is 14.8 Å². The van der Waals surface area contributed by atoms with Crippen LogP contribution in [0, 0.1) is 0 Å². The van der Waals surface area contributed by atoms with Crippen molar-refractivity contribution in [3.8, 4) is 0 Å². The summed E-state index contributed by atoms with van der Waals surface area (Å²) in [5, 5.41) is 12.2. The zero-order valence-electron chi connectivity index (χ0n) is 12.2. The van der Waals surface area contributed by atoms with Crippen molar-refractivity contribution in [3.63, 3.8) is 0 Å². The summed E-state index contributed by atoms with van der Waals surface area (Å²) in [5.41, 5.74) is 0. The fourth-order valence-electron chi connectivity index (χ4n) is 2.22. The van der Waals surface area contributed by atoms with E-state index in [1.165, 1.54) is 22.6 Å². The van der Waals surface area contributed by atoms with Crippen molar-refractivity contribution in [1.29, 1.82) is 0 Å². The van der Waals surface area contributed by atoms with Gasteiger partial charge < -0.3 is 15.2 Å². The highest BCUT2D eigenvalue weighted by Crippen LogP contribution is 2.23. The average molecular weight is 315 g/mol. The van der Waals surface area contributed by atoms with Gasteiger partial charge in [-0.25, -0.2) is 13.4 Å². The summed E-state index contributed by atoms with van der Waals surface area (Å²) in [7, 11) is -3.63. The van der Waals surface area contributed by atoms with Crippen molar-refractivity contribution in [2.24, 2.45) is 0 Å². The number of hydrogen-bond donors (Lipinski definition) is 2. The molecule has 0 aliphatic carbocycles. The fourth-order valence-corrected chi connectivity index (χ4v) is 3.88. The number of hydrogen-bond acceptors (Lipinski definition) is 6. The maximum atomic E-state index is 12.7. The van der Waals surface area contributed by atoms with E-state index in [0.717, 1.165) is 0 Å². The van der Waals surface area contributed by atoms with Crippen LogP contribution in [0.5, 0.6) is 0 Å². The van der Waals surface area contributed by atoms with Gasteiger partial charge in [-0.3, -0.25) is 0 Å². The SMILES string of the molecule is CCNc1cc(S(=O)(=O)N2CC(CO)OCC2C)ccn1. The summed E-state index contributed by atoms with van der Waals surface area (Å²) < 4.78 is 32.3. The highest BCUT2D eigenvalue weighted by atomic mass is 32.2. The fraction of sp³-hybridized carbons (Fsp3) is 0.615. The first-order valence-electron chi connectivity index (χ1n) is 6.93. The Morgan fingerprint density at radius 2 is 2.33 bits per heavy atom.